The Morgan fingerprint density at radius 1 is 1.24 bits per heavy atom. The van der Waals surface area contributed by atoms with E-state index in [-0.39, 0.29) is 11.5 Å². The number of hydrogen-bond acceptors (Lipinski definition) is 4. The second kappa shape index (κ2) is 8.16. The number of anilines is 1. The van der Waals surface area contributed by atoms with E-state index in [1.165, 1.54) is 6.07 Å². The molecule has 0 bridgehead atoms. The van der Waals surface area contributed by atoms with Crippen LogP contribution < -0.4 is 10.9 Å². The van der Waals surface area contributed by atoms with Gasteiger partial charge in [-0.15, -0.1) is 0 Å². The van der Waals surface area contributed by atoms with Crippen LogP contribution in [0.15, 0.2) is 35.1 Å². The van der Waals surface area contributed by atoms with Gasteiger partial charge in [-0.25, -0.2) is 4.98 Å². The molecule has 3 rings (SSSR count). The van der Waals surface area contributed by atoms with Gasteiger partial charge in [0, 0.05) is 42.8 Å². The molecule has 0 saturated carbocycles. The van der Waals surface area contributed by atoms with Crippen molar-refractivity contribution < 1.29 is 4.79 Å². The van der Waals surface area contributed by atoms with E-state index in [1.807, 2.05) is 29.2 Å². The Hall–Kier alpha value is -2.34. The van der Waals surface area contributed by atoms with Crippen molar-refractivity contribution in [3.63, 3.8) is 0 Å². The molecule has 25 heavy (non-hydrogen) atoms. The normalized spacial score (nSPS) is 14.1. The van der Waals surface area contributed by atoms with E-state index in [9.17, 15) is 9.59 Å². The molecule has 0 unspecified atom stereocenters. The quantitative estimate of drug-likeness (QED) is 0.795. The van der Waals surface area contributed by atoms with Crippen LogP contribution in [0.1, 0.15) is 30.5 Å². The largest absolute Gasteiger partial charge is 0.352 e. The molecule has 1 aromatic heterocycles. The molecule has 0 atom stereocenters. The number of aromatic nitrogens is 2. The molecule has 1 amide bonds. The summed E-state index contributed by atoms with van der Waals surface area (Å²) in [5.41, 5.74) is 1.60. The summed E-state index contributed by atoms with van der Waals surface area (Å²) in [6.45, 7) is 2.11. The number of H-pyrrole nitrogens is 1. The predicted molar refractivity (Wildman–Crippen MR) is 97.8 cm³/mol. The maximum atomic E-state index is 11.8. The first-order valence-corrected chi connectivity index (χ1v) is 8.84. The van der Waals surface area contributed by atoms with Crippen molar-refractivity contribution in [2.75, 3.05) is 18.4 Å². The Morgan fingerprint density at radius 2 is 2.04 bits per heavy atom. The number of halogens is 1. The minimum absolute atomic E-state index is 0.180. The van der Waals surface area contributed by atoms with Gasteiger partial charge in [-0.1, -0.05) is 23.7 Å². The summed E-state index contributed by atoms with van der Waals surface area (Å²) in [6.07, 6.45) is 3.07. The number of nitrogens with one attached hydrogen (secondary N) is 2. The molecular weight excluding hydrogens is 340 g/mol. The van der Waals surface area contributed by atoms with E-state index >= 15 is 0 Å². The number of carbonyl (C=O) groups is 1. The van der Waals surface area contributed by atoms with Crippen LogP contribution in [0, 0.1) is 0 Å². The Bertz CT molecular complexity index is 788. The van der Waals surface area contributed by atoms with Crippen molar-refractivity contribution in [1.82, 2.24) is 14.9 Å². The molecule has 0 aliphatic carbocycles. The number of benzene rings is 1. The number of carbonyl (C=O) groups excluding carboxylic acids is 1. The molecule has 1 aliphatic rings. The minimum Gasteiger partial charge on any atom is -0.352 e. The lowest BCUT2D eigenvalue weighted by Crippen LogP contribution is -2.26. The number of rotatable bonds is 7. The molecule has 1 fully saturated rings. The van der Waals surface area contributed by atoms with Crippen molar-refractivity contribution in [2.24, 2.45) is 0 Å². The molecule has 0 radical (unpaired) electrons. The summed E-state index contributed by atoms with van der Waals surface area (Å²) < 4.78 is 0. The molecular formula is C18H21ClN4O2. The van der Waals surface area contributed by atoms with Gasteiger partial charge in [-0.2, -0.15) is 0 Å². The fourth-order valence-corrected chi connectivity index (χ4v) is 3.03. The van der Waals surface area contributed by atoms with Gasteiger partial charge in [0.25, 0.3) is 5.56 Å². The van der Waals surface area contributed by atoms with Gasteiger partial charge in [0.15, 0.2) is 0 Å². The Morgan fingerprint density at radius 3 is 2.76 bits per heavy atom. The first-order valence-electron chi connectivity index (χ1n) is 8.46. The van der Waals surface area contributed by atoms with Gasteiger partial charge in [0.05, 0.1) is 0 Å². The summed E-state index contributed by atoms with van der Waals surface area (Å²) in [7, 11) is 0. The van der Waals surface area contributed by atoms with Crippen LogP contribution in [-0.2, 0) is 17.8 Å². The zero-order valence-corrected chi connectivity index (χ0v) is 14.7. The van der Waals surface area contributed by atoms with Gasteiger partial charge in [0.1, 0.15) is 0 Å². The van der Waals surface area contributed by atoms with Gasteiger partial charge < -0.3 is 10.2 Å². The van der Waals surface area contributed by atoms with Crippen LogP contribution >= 0.6 is 11.6 Å². The summed E-state index contributed by atoms with van der Waals surface area (Å²) in [5, 5.41) is 3.81. The first kappa shape index (κ1) is 17.5. The van der Waals surface area contributed by atoms with Crippen LogP contribution in [-0.4, -0.2) is 33.9 Å². The average molecular weight is 361 g/mol. The van der Waals surface area contributed by atoms with Crippen molar-refractivity contribution >= 4 is 23.5 Å². The van der Waals surface area contributed by atoms with Crippen molar-refractivity contribution in [1.29, 1.82) is 0 Å². The second-order valence-corrected chi connectivity index (χ2v) is 6.59. The van der Waals surface area contributed by atoms with E-state index in [1.54, 1.807) is 0 Å². The summed E-state index contributed by atoms with van der Waals surface area (Å²) >= 11 is 5.87. The predicted octanol–water partition coefficient (Wildman–Crippen LogP) is 2.59. The van der Waals surface area contributed by atoms with Gasteiger partial charge >= 0.3 is 0 Å². The summed E-state index contributed by atoms with van der Waals surface area (Å²) in [5.74, 6) is 0.680. The average Bonchev–Trinajstić information content (AvgIpc) is 2.99. The molecule has 2 aromatic rings. The Labute approximate surface area is 151 Å². The van der Waals surface area contributed by atoms with E-state index in [0.29, 0.717) is 30.4 Å². The first-order chi connectivity index (χ1) is 12.1. The Kier molecular flexibility index (Phi) is 5.71. The number of aromatic amines is 1. The third-order valence-electron chi connectivity index (χ3n) is 4.20. The molecule has 1 aliphatic heterocycles. The highest BCUT2D eigenvalue weighted by molar-refractivity contribution is 6.30. The number of aryl methyl sites for hydroxylation is 1. The molecule has 132 valence electrons. The third-order valence-corrected chi connectivity index (χ3v) is 4.45. The number of nitrogens with zero attached hydrogens (tertiary/aromatic N) is 2. The van der Waals surface area contributed by atoms with Gasteiger partial charge in [-0.3, -0.25) is 14.6 Å². The molecule has 1 aromatic carbocycles. The third kappa shape index (κ3) is 5.06. The fourth-order valence-electron chi connectivity index (χ4n) is 2.90. The second-order valence-electron chi connectivity index (χ2n) is 6.15. The number of hydrogen-bond donors (Lipinski definition) is 2. The van der Waals surface area contributed by atoms with Crippen molar-refractivity contribution in [2.45, 2.75) is 32.2 Å². The van der Waals surface area contributed by atoms with Crippen molar-refractivity contribution in [3.8, 4) is 0 Å². The lowest BCUT2D eigenvalue weighted by Gasteiger charge is -2.14. The van der Waals surface area contributed by atoms with Crippen LogP contribution in [0.4, 0.5) is 5.95 Å². The standard InChI is InChI=1S/C18H21ClN4O2/c19-14-7-5-13(6-8-14)12-20-18-21-15(11-16(24)22-18)3-1-9-23-10-2-4-17(23)25/h5-8,11H,1-4,9-10,12H2,(H2,20,21,22,24). The lowest BCUT2D eigenvalue weighted by atomic mass is 10.2. The van der Waals surface area contributed by atoms with Crippen LogP contribution in [0.3, 0.4) is 0 Å². The topological polar surface area (TPSA) is 78.1 Å². The highest BCUT2D eigenvalue weighted by Crippen LogP contribution is 2.12. The SMILES string of the molecule is O=C1CCCN1CCCc1cc(=O)[nH]c(NCc2ccc(Cl)cc2)n1. The minimum atomic E-state index is -0.180. The van der Waals surface area contributed by atoms with E-state index in [0.717, 1.165) is 37.2 Å². The molecule has 7 heteroatoms. The molecule has 2 heterocycles. The van der Waals surface area contributed by atoms with Crippen LogP contribution in [0.25, 0.3) is 0 Å². The highest BCUT2D eigenvalue weighted by atomic mass is 35.5. The van der Waals surface area contributed by atoms with Crippen LogP contribution in [0.2, 0.25) is 5.02 Å². The molecule has 6 nitrogen and oxygen atoms in total. The summed E-state index contributed by atoms with van der Waals surface area (Å²) in [4.78, 5) is 32.5. The monoisotopic (exact) mass is 360 g/mol. The number of amides is 1. The number of likely N-dealkylation sites (tertiary alicyclic amines) is 1. The molecule has 2 N–H and O–H groups in total. The zero-order chi connectivity index (χ0) is 17.6. The maximum absolute atomic E-state index is 11.8. The van der Waals surface area contributed by atoms with E-state index in [2.05, 4.69) is 15.3 Å². The maximum Gasteiger partial charge on any atom is 0.252 e. The Balaban J connectivity index is 1.55. The van der Waals surface area contributed by atoms with Crippen molar-refractivity contribution in [3.05, 3.63) is 57.0 Å². The fraction of sp³-hybridized carbons (Fsp3) is 0.389. The van der Waals surface area contributed by atoms with Crippen LogP contribution in [0.5, 0.6) is 0 Å². The van der Waals surface area contributed by atoms with Gasteiger partial charge in [0.2, 0.25) is 11.9 Å². The van der Waals surface area contributed by atoms with E-state index < -0.39 is 0 Å². The highest BCUT2D eigenvalue weighted by Gasteiger charge is 2.19. The van der Waals surface area contributed by atoms with Gasteiger partial charge in [-0.05, 0) is 37.0 Å². The smallest absolute Gasteiger partial charge is 0.252 e. The molecule has 1 saturated heterocycles. The van der Waals surface area contributed by atoms with E-state index in [4.69, 9.17) is 11.6 Å². The molecule has 0 spiro atoms. The zero-order valence-electron chi connectivity index (χ0n) is 13.9. The summed E-state index contributed by atoms with van der Waals surface area (Å²) in [6, 6.07) is 9.00. The lowest BCUT2D eigenvalue weighted by molar-refractivity contribution is -0.127.